The van der Waals surface area contributed by atoms with Crippen molar-refractivity contribution in [2.24, 2.45) is 0 Å². The fraction of sp³-hybridized carbons (Fsp3) is 0.238. The van der Waals surface area contributed by atoms with Gasteiger partial charge in [-0.15, -0.1) is 0 Å². The lowest BCUT2D eigenvalue weighted by Crippen LogP contribution is -2.37. The van der Waals surface area contributed by atoms with E-state index in [1.54, 1.807) is 6.20 Å². The lowest BCUT2D eigenvalue weighted by molar-refractivity contribution is 0.167. The summed E-state index contributed by atoms with van der Waals surface area (Å²) in [5.74, 6) is 1.42. The second-order valence-corrected chi connectivity index (χ2v) is 7.01. The molecule has 6 heteroatoms. The van der Waals surface area contributed by atoms with E-state index in [1.165, 1.54) is 6.42 Å². The smallest absolute Gasteiger partial charge is 0.138 e. The van der Waals surface area contributed by atoms with Crippen molar-refractivity contribution in [3.8, 4) is 16.9 Å². The Balaban J connectivity index is 1.45. The molecule has 6 nitrogen and oxygen atoms in total. The van der Waals surface area contributed by atoms with Crippen LogP contribution in [-0.4, -0.2) is 34.1 Å². The molecule has 1 aliphatic heterocycles. The number of H-pyrrole nitrogens is 1. The highest BCUT2D eigenvalue weighted by molar-refractivity contribution is 6.07. The topological polar surface area (TPSA) is 88.9 Å². The summed E-state index contributed by atoms with van der Waals surface area (Å²) >= 11 is 0. The van der Waals surface area contributed by atoms with Crippen LogP contribution in [0.3, 0.4) is 0 Å². The van der Waals surface area contributed by atoms with Crippen LogP contribution in [0.4, 0.5) is 5.82 Å². The Morgan fingerprint density at radius 3 is 2.70 bits per heavy atom. The second-order valence-electron chi connectivity index (χ2n) is 7.01. The van der Waals surface area contributed by atoms with Gasteiger partial charge in [0.1, 0.15) is 23.3 Å². The largest absolute Gasteiger partial charge is 0.489 e. The first-order chi connectivity index (χ1) is 13.3. The number of nitrogens with one attached hydrogen (secondary N) is 2. The lowest BCUT2D eigenvalue weighted by atomic mass is 10.1. The zero-order valence-electron chi connectivity index (χ0n) is 14.9. The van der Waals surface area contributed by atoms with Crippen LogP contribution in [0.1, 0.15) is 12.8 Å². The number of pyridine rings is 2. The van der Waals surface area contributed by atoms with E-state index in [4.69, 9.17) is 10.5 Å². The molecule has 0 amide bonds. The fourth-order valence-corrected chi connectivity index (χ4v) is 3.69. The minimum absolute atomic E-state index is 0.257. The fourth-order valence-electron chi connectivity index (χ4n) is 3.69. The Bertz CT molecular complexity index is 1100. The number of nitrogen functional groups attached to an aromatic ring is 1. The van der Waals surface area contributed by atoms with E-state index < -0.39 is 0 Å². The summed E-state index contributed by atoms with van der Waals surface area (Å²) in [6, 6.07) is 12.3. The van der Waals surface area contributed by atoms with E-state index in [0.717, 1.165) is 58.3 Å². The van der Waals surface area contributed by atoms with Gasteiger partial charge < -0.3 is 20.8 Å². The van der Waals surface area contributed by atoms with Crippen LogP contribution in [0.5, 0.6) is 5.75 Å². The first kappa shape index (κ1) is 16.1. The van der Waals surface area contributed by atoms with Crippen LogP contribution in [0.15, 0.2) is 48.8 Å². The van der Waals surface area contributed by atoms with E-state index >= 15 is 0 Å². The predicted octanol–water partition coefficient (Wildman–Crippen LogP) is 3.49. The van der Waals surface area contributed by atoms with Crippen molar-refractivity contribution in [3.63, 3.8) is 0 Å². The summed E-state index contributed by atoms with van der Waals surface area (Å²) in [7, 11) is 0. The van der Waals surface area contributed by atoms with Gasteiger partial charge in [0.15, 0.2) is 0 Å². The highest BCUT2D eigenvalue weighted by atomic mass is 16.5. The Morgan fingerprint density at radius 1 is 1.00 bits per heavy atom. The van der Waals surface area contributed by atoms with Crippen LogP contribution < -0.4 is 15.8 Å². The monoisotopic (exact) mass is 359 g/mol. The van der Waals surface area contributed by atoms with E-state index in [-0.39, 0.29) is 6.10 Å². The van der Waals surface area contributed by atoms with Crippen LogP contribution in [0.2, 0.25) is 0 Å². The second kappa shape index (κ2) is 6.55. The van der Waals surface area contributed by atoms with E-state index in [2.05, 4.69) is 38.5 Å². The predicted molar refractivity (Wildman–Crippen MR) is 108 cm³/mol. The van der Waals surface area contributed by atoms with Crippen molar-refractivity contribution in [1.82, 2.24) is 20.3 Å². The molecule has 1 fully saturated rings. The number of hydrogen-bond acceptors (Lipinski definition) is 5. The summed E-state index contributed by atoms with van der Waals surface area (Å²) in [5, 5.41) is 5.46. The molecular weight excluding hydrogens is 338 g/mol. The van der Waals surface area contributed by atoms with Crippen LogP contribution in [0.25, 0.3) is 33.1 Å². The molecular formula is C21H21N5O. The van der Waals surface area contributed by atoms with Crippen molar-refractivity contribution < 1.29 is 4.74 Å². The molecule has 1 atom stereocenters. The standard InChI is InChI=1S/C21H21N5O/c22-20-9-17-18-8-14(10-25-21(18)26-19(17)12-24-20)13-3-5-15(6-4-13)27-16-2-1-7-23-11-16/h3-6,8-10,12,16,23H,1-2,7,11H2,(H2,22,24)(H,25,26). The molecule has 0 radical (unpaired) electrons. The first-order valence-corrected chi connectivity index (χ1v) is 9.27. The van der Waals surface area contributed by atoms with Gasteiger partial charge in [-0.1, -0.05) is 12.1 Å². The maximum Gasteiger partial charge on any atom is 0.138 e. The van der Waals surface area contributed by atoms with Gasteiger partial charge in [0, 0.05) is 29.1 Å². The Labute approximate surface area is 156 Å². The van der Waals surface area contributed by atoms with Gasteiger partial charge in [0.05, 0.1) is 11.7 Å². The highest BCUT2D eigenvalue weighted by Gasteiger charge is 2.14. The summed E-state index contributed by atoms with van der Waals surface area (Å²) in [4.78, 5) is 12.0. The number of fused-ring (bicyclic) bond motifs is 3. The summed E-state index contributed by atoms with van der Waals surface area (Å²) in [5.41, 5.74) is 9.80. The number of anilines is 1. The molecule has 0 spiro atoms. The minimum Gasteiger partial charge on any atom is -0.489 e. The van der Waals surface area contributed by atoms with Gasteiger partial charge in [-0.3, -0.25) is 0 Å². The molecule has 1 aliphatic rings. The van der Waals surface area contributed by atoms with Gasteiger partial charge in [-0.25, -0.2) is 9.97 Å². The molecule has 5 rings (SSSR count). The number of rotatable bonds is 3. The van der Waals surface area contributed by atoms with Crippen LogP contribution in [-0.2, 0) is 0 Å². The Morgan fingerprint density at radius 2 is 1.89 bits per heavy atom. The normalized spacial score (nSPS) is 17.4. The minimum atomic E-state index is 0.257. The maximum atomic E-state index is 6.07. The number of aromatic nitrogens is 3. The number of benzene rings is 1. The van der Waals surface area contributed by atoms with E-state index in [9.17, 15) is 0 Å². The molecule has 4 aromatic rings. The molecule has 0 bridgehead atoms. The zero-order valence-corrected chi connectivity index (χ0v) is 14.9. The Kier molecular flexibility index (Phi) is 3.90. The Hall–Kier alpha value is -3.12. The van der Waals surface area contributed by atoms with Gasteiger partial charge in [0.2, 0.25) is 0 Å². The zero-order chi connectivity index (χ0) is 18.2. The number of nitrogens with zero attached hydrogens (tertiary/aromatic N) is 2. The first-order valence-electron chi connectivity index (χ1n) is 9.27. The van der Waals surface area contributed by atoms with Crippen molar-refractivity contribution in [2.75, 3.05) is 18.8 Å². The third kappa shape index (κ3) is 3.08. The summed E-state index contributed by atoms with van der Waals surface area (Å²) < 4.78 is 6.07. The molecule has 3 aromatic heterocycles. The maximum absolute atomic E-state index is 6.07. The number of hydrogen-bond donors (Lipinski definition) is 3. The quantitative estimate of drug-likeness (QED) is 0.521. The average molecular weight is 359 g/mol. The van der Waals surface area contributed by atoms with Gasteiger partial charge in [0.25, 0.3) is 0 Å². The van der Waals surface area contributed by atoms with Crippen molar-refractivity contribution in [3.05, 3.63) is 48.8 Å². The molecule has 27 heavy (non-hydrogen) atoms. The van der Waals surface area contributed by atoms with Crippen molar-refractivity contribution in [1.29, 1.82) is 0 Å². The van der Waals surface area contributed by atoms with Gasteiger partial charge in [-0.05, 0) is 49.2 Å². The lowest BCUT2D eigenvalue weighted by Gasteiger charge is -2.24. The summed E-state index contributed by atoms with van der Waals surface area (Å²) in [6.07, 6.45) is 6.16. The van der Waals surface area contributed by atoms with E-state index in [0.29, 0.717) is 5.82 Å². The number of nitrogens with two attached hydrogens (primary N) is 1. The average Bonchev–Trinajstić information content (AvgIpc) is 3.06. The molecule has 4 heterocycles. The van der Waals surface area contributed by atoms with Gasteiger partial charge >= 0.3 is 0 Å². The van der Waals surface area contributed by atoms with Crippen molar-refractivity contribution in [2.45, 2.75) is 18.9 Å². The molecule has 1 unspecified atom stereocenters. The van der Waals surface area contributed by atoms with Crippen molar-refractivity contribution >= 4 is 27.8 Å². The third-order valence-corrected chi connectivity index (χ3v) is 5.10. The van der Waals surface area contributed by atoms with E-state index in [1.807, 2.05) is 24.4 Å². The SMILES string of the molecule is Nc1cc2c(cn1)[nH]c1ncc(-c3ccc(OC4CCCNC4)cc3)cc12. The molecule has 4 N–H and O–H groups in total. The molecule has 1 saturated heterocycles. The number of ether oxygens (including phenoxy) is 1. The third-order valence-electron chi connectivity index (χ3n) is 5.10. The molecule has 136 valence electrons. The number of piperidine rings is 1. The van der Waals surface area contributed by atoms with Crippen LogP contribution >= 0.6 is 0 Å². The van der Waals surface area contributed by atoms with Crippen LogP contribution in [0, 0.1) is 0 Å². The molecule has 0 saturated carbocycles. The summed E-state index contributed by atoms with van der Waals surface area (Å²) in [6.45, 7) is 2.00. The molecule has 0 aliphatic carbocycles. The highest BCUT2D eigenvalue weighted by Crippen LogP contribution is 2.30. The van der Waals surface area contributed by atoms with Gasteiger partial charge in [-0.2, -0.15) is 0 Å². The molecule has 1 aromatic carbocycles. The number of aromatic amines is 1.